The molecular weight excluding hydrogens is 420 g/mol. The van der Waals surface area contributed by atoms with Crippen molar-refractivity contribution in [1.29, 1.82) is 0 Å². The van der Waals surface area contributed by atoms with Crippen molar-refractivity contribution in [1.82, 2.24) is 10.9 Å². The summed E-state index contributed by atoms with van der Waals surface area (Å²) in [5, 5.41) is 0.434. The van der Waals surface area contributed by atoms with Crippen molar-refractivity contribution < 1.29 is 18.0 Å². The summed E-state index contributed by atoms with van der Waals surface area (Å²) in [7, 11) is -3.60. The predicted octanol–water partition coefficient (Wildman–Crippen LogP) is 3.15. The van der Waals surface area contributed by atoms with Crippen LogP contribution >= 0.6 is 22.9 Å². The van der Waals surface area contributed by atoms with Gasteiger partial charge in [-0.1, -0.05) is 18.5 Å². The van der Waals surface area contributed by atoms with Gasteiger partial charge in [0, 0.05) is 16.3 Å². The smallest absolute Gasteiger partial charge is 0.273 e. The van der Waals surface area contributed by atoms with Gasteiger partial charge in [-0.15, -0.1) is 11.3 Å². The summed E-state index contributed by atoms with van der Waals surface area (Å²) < 4.78 is 24.5. The maximum atomic E-state index is 12.3. The van der Waals surface area contributed by atoms with E-state index in [1.807, 2.05) is 6.07 Å². The summed E-state index contributed by atoms with van der Waals surface area (Å²) in [6.07, 6.45) is 2.80. The Hall–Kier alpha value is -1.90. The number of hydrogen-bond acceptors (Lipinski definition) is 5. The van der Waals surface area contributed by atoms with Gasteiger partial charge in [-0.25, -0.2) is 8.42 Å². The highest BCUT2D eigenvalue weighted by Gasteiger charge is 2.21. The van der Waals surface area contributed by atoms with Gasteiger partial charge in [-0.2, -0.15) is 0 Å². The van der Waals surface area contributed by atoms with Crippen molar-refractivity contribution in [3.63, 3.8) is 0 Å². The number of sulfone groups is 1. The molecule has 1 heterocycles. The van der Waals surface area contributed by atoms with Crippen LogP contribution in [-0.2, 0) is 27.5 Å². The van der Waals surface area contributed by atoms with Crippen LogP contribution in [0.2, 0.25) is 5.02 Å². The van der Waals surface area contributed by atoms with Crippen molar-refractivity contribution in [2.45, 2.75) is 37.5 Å². The molecule has 0 aliphatic heterocycles. The monoisotopic (exact) mass is 440 g/mol. The van der Waals surface area contributed by atoms with Gasteiger partial charge < -0.3 is 0 Å². The molecule has 2 amide bonds. The highest BCUT2D eigenvalue weighted by molar-refractivity contribution is 7.91. The molecule has 1 aliphatic rings. The molecule has 1 atom stereocenters. The van der Waals surface area contributed by atoms with Crippen molar-refractivity contribution in [2.75, 3.05) is 5.75 Å². The van der Waals surface area contributed by atoms with Crippen molar-refractivity contribution in [3.05, 3.63) is 50.7 Å². The Morgan fingerprint density at radius 3 is 2.64 bits per heavy atom. The summed E-state index contributed by atoms with van der Waals surface area (Å²) in [4.78, 5) is 26.1. The van der Waals surface area contributed by atoms with E-state index < -0.39 is 15.7 Å². The predicted molar refractivity (Wildman–Crippen MR) is 109 cm³/mol. The Balaban J connectivity index is 1.50. The number of carbonyl (C=O) groups excluding carboxylic acids is 2. The lowest BCUT2D eigenvalue weighted by Crippen LogP contribution is -2.41. The first-order valence-corrected chi connectivity index (χ1v) is 11.8. The van der Waals surface area contributed by atoms with Gasteiger partial charge in [-0.05, 0) is 61.1 Å². The molecule has 1 aromatic heterocycles. The molecule has 150 valence electrons. The van der Waals surface area contributed by atoms with E-state index in [2.05, 4.69) is 17.8 Å². The summed E-state index contributed by atoms with van der Waals surface area (Å²) in [5.74, 6) is -0.705. The third-order valence-corrected chi connectivity index (χ3v) is 7.86. The average molecular weight is 441 g/mol. The van der Waals surface area contributed by atoms with Crippen LogP contribution in [0.25, 0.3) is 0 Å². The number of aryl methyl sites for hydroxylation is 1. The van der Waals surface area contributed by atoms with E-state index in [-0.39, 0.29) is 23.0 Å². The van der Waals surface area contributed by atoms with Crippen LogP contribution in [0.15, 0.2) is 35.2 Å². The van der Waals surface area contributed by atoms with Crippen molar-refractivity contribution in [3.8, 4) is 0 Å². The first kappa shape index (κ1) is 20.8. The quantitative estimate of drug-likeness (QED) is 0.698. The Kier molecular flexibility index (Phi) is 6.42. The second-order valence-electron chi connectivity index (χ2n) is 6.93. The van der Waals surface area contributed by atoms with Gasteiger partial charge >= 0.3 is 0 Å². The Labute approximate surface area is 173 Å². The number of amides is 2. The zero-order valence-electron chi connectivity index (χ0n) is 15.3. The van der Waals surface area contributed by atoms with Gasteiger partial charge in [0.05, 0.1) is 15.5 Å². The van der Waals surface area contributed by atoms with Gasteiger partial charge in [0.2, 0.25) is 5.91 Å². The highest BCUT2D eigenvalue weighted by Crippen LogP contribution is 2.32. The summed E-state index contributed by atoms with van der Waals surface area (Å²) >= 11 is 7.20. The fourth-order valence-corrected chi connectivity index (χ4v) is 5.53. The number of hydrogen-bond donors (Lipinski definition) is 2. The SMILES string of the molecule is C[C@H]1CCc2sc(C(=O)NNC(=O)CCS(=O)(=O)c3ccc(Cl)cc3)cc2C1. The minimum Gasteiger partial charge on any atom is -0.273 e. The molecule has 2 N–H and O–H groups in total. The summed E-state index contributed by atoms with van der Waals surface area (Å²) in [5.41, 5.74) is 5.85. The topological polar surface area (TPSA) is 92.3 Å². The lowest BCUT2D eigenvalue weighted by atomic mass is 9.90. The standard InChI is InChI=1S/C19H21ClN2O4S2/c1-12-2-7-16-13(10-12)11-17(27-16)19(24)22-21-18(23)8-9-28(25,26)15-5-3-14(20)4-6-15/h3-6,11-12H,2,7-10H2,1H3,(H,21,23)(H,22,24)/t12-/m0/s1. The van der Waals surface area contributed by atoms with Gasteiger partial charge in [0.25, 0.3) is 5.91 Å². The van der Waals surface area contributed by atoms with Crippen LogP contribution in [0.5, 0.6) is 0 Å². The molecule has 1 aliphatic carbocycles. The normalized spacial score (nSPS) is 16.3. The van der Waals surface area contributed by atoms with Gasteiger partial charge in [0.15, 0.2) is 9.84 Å². The maximum Gasteiger partial charge on any atom is 0.279 e. The van der Waals surface area contributed by atoms with Crippen LogP contribution in [0.4, 0.5) is 0 Å². The van der Waals surface area contributed by atoms with E-state index in [1.54, 1.807) is 0 Å². The van der Waals surface area contributed by atoms with E-state index in [0.717, 1.165) is 19.3 Å². The van der Waals surface area contributed by atoms with Gasteiger partial charge in [-0.3, -0.25) is 20.4 Å². The van der Waals surface area contributed by atoms with Crippen molar-refractivity contribution in [2.24, 2.45) is 5.92 Å². The van der Waals surface area contributed by atoms with Crippen LogP contribution < -0.4 is 10.9 Å². The first-order chi connectivity index (χ1) is 13.2. The lowest BCUT2D eigenvalue weighted by Gasteiger charge is -2.16. The highest BCUT2D eigenvalue weighted by atomic mass is 35.5. The van der Waals surface area contributed by atoms with E-state index in [1.165, 1.54) is 46.0 Å². The maximum absolute atomic E-state index is 12.3. The molecule has 0 fully saturated rings. The molecule has 0 saturated heterocycles. The number of hydrazine groups is 1. The molecule has 6 nitrogen and oxygen atoms in total. The molecule has 28 heavy (non-hydrogen) atoms. The fourth-order valence-electron chi connectivity index (χ4n) is 3.06. The molecule has 9 heteroatoms. The molecule has 0 saturated carbocycles. The molecular formula is C19H21ClN2O4S2. The van der Waals surface area contributed by atoms with E-state index >= 15 is 0 Å². The number of halogens is 1. The average Bonchev–Trinajstić information content (AvgIpc) is 3.08. The van der Waals surface area contributed by atoms with Crippen LogP contribution in [-0.4, -0.2) is 26.0 Å². The number of rotatable bonds is 5. The number of nitrogens with one attached hydrogen (secondary N) is 2. The zero-order valence-corrected chi connectivity index (χ0v) is 17.7. The van der Waals surface area contributed by atoms with Crippen LogP contribution in [0.3, 0.4) is 0 Å². The molecule has 3 rings (SSSR count). The molecule has 0 spiro atoms. The Bertz CT molecular complexity index is 984. The van der Waals surface area contributed by atoms with Gasteiger partial charge in [0.1, 0.15) is 0 Å². The number of fused-ring (bicyclic) bond motifs is 1. The lowest BCUT2D eigenvalue weighted by molar-refractivity contribution is -0.121. The van der Waals surface area contributed by atoms with Crippen LogP contribution in [0.1, 0.15) is 39.9 Å². The van der Waals surface area contributed by atoms with E-state index in [0.29, 0.717) is 15.8 Å². The second kappa shape index (κ2) is 8.63. The molecule has 2 aromatic rings. The minimum absolute atomic E-state index is 0.104. The van der Waals surface area contributed by atoms with Crippen molar-refractivity contribution >= 4 is 44.6 Å². The molecule has 0 bridgehead atoms. The zero-order chi connectivity index (χ0) is 20.3. The molecule has 1 aromatic carbocycles. The largest absolute Gasteiger partial charge is 0.279 e. The Morgan fingerprint density at radius 2 is 1.93 bits per heavy atom. The van der Waals surface area contributed by atoms with E-state index in [9.17, 15) is 18.0 Å². The molecule has 0 unspecified atom stereocenters. The number of carbonyl (C=O) groups is 2. The first-order valence-electron chi connectivity index (χ1n) is 8.93. The summed E-state index contributed by atoms with van der Waals surface area (Å²) in [6.45, 7) is 2.19. The van der Waals surface area contributed by atoms with E-state index in [4.69, 9.17) is 11.6 Å². The summed E-state index contributed by atoms with van der Waals surface area (Å²) in [6, 6.07) is 7.64. The fraction of sp³-hybridized carbons (Fsp3) is 0.368. The number of benzene rings is 1. The number of thiophene rings is 1. The van der Waals surface area contributed by atoms with Crippen LogP contribution in [0, 0.1) is 5.92 Å². The minimum atomic E-state index is -3.60. The third kappa shape index (κ3) is 5.12. The second-order valence-corrected chi connectivity index (χ2v) is 10.6. The Morgan fingerprint density at radius 1 is 1.21 bits per heavy atom. The molecule has 0 radical (unpaired) electrons. The third-order valence-electron chi connectivity index (χ3n) is 4.64.